The molecule has 0 fully saturated rings. The quantitative estimate of drug-likeness (QED) is 0.675. The van der Waals surface area contributed by atoms with E-state index in [1.54, 1.807) is 24.3 Å². The van der Waals surface area contributed by atoms with Crippen LogP contribution in [-0.2, 0) is 10.0 Å². The van der Waals surface area contributed by atoms with Crippen LogP contribution in [0.1, 0.15) is 21.7 Å². The van der Waals surface area contributed by atoms with E-state index in [1.165, 1.54) is 38.5 Å². The number of carbonyl (C=O) groups is 1. The summed E-state index contributed by atoms with van der Waals surface area (Å²) in [6.07, 6.45) is 4.20. The Morgan fingerprint density at radius 2 is 1.82 bits per heavy atom. The Labute approximate surface area is 161 Å². The van der Waals surface area contributed by atoms with E-state index in [2.05, 4.69) is 4.98 Å². The summed E-state index contributed by atoms with van der Waals surface area (Å²) < 4.78 is 36.1. The van der Waals surface area contributed by atoms with Crippen molar-refractivity contribution in [2.75, 3.05) is 20.5 Å². The van der Waals surface area contributed by atoms with E-state index in [0.29, 0.717) is 11.5 Å². The number of nitrogens with zero attached hydrogens (tertiary/aromatic N) is 2. The normalized spacial score (nSPS) is 11.8. The molecule has 0 radical (unpaired) electrons. The number of hydrogen-bond acceptors (Lipinski definition) is 6. The number of carboxylic acid groups (broad SMARTS) is 1. The van der Waals surface area contributed by atoms with Gasteiger partial charge in [0.15, 0.2) is 11.5 Å². The third kappa shape index (κ3) is 3.56. The molecule has 0 aliphatic heterocycles. The molecule has 0 bridgehead atoms. The first-order valence-corrected chi connectivity index (χ1v) is 9.96. The molecule has 0 saturated carbocycles. The summed E-state index contributed by atoms with van der Waals surface area (Å²) in [6, 6.07) is 9.60. The molecule has 1 N–H and O–H groups in total. The molecule has 0 amide bonds. The molecule has 0 spiro atoms. The Hall–Kier alpha value is -3.33. The van der Waals surface area contributed by atoms with E-state index in [1.807, 2.05) is 0 Å². The van der Waals surface area contributed by atoms with E-state index in [9.17, 15) is 18.3 Å². The van der Waals surface area contributed by atoms with Gasteiger partial charge in [-0.25, -0.2) is 22.2 Å². The number of aromatic nitrogens is 2. The molecule has 1 aromatic heterocycles. The predicted octanol–water partition coefficient (Wildman–Crippen LogP) is 2.73. The van der Waals surface area contributed by atoms with Gasteiger partial charge in [0.1, 0.15) is 11.3 Å². The van der Waals surface area contributed by atoms with Crippen LogP contribution in [-0.4, -0.2) is 48.9 Å². The van der Waals surface area contributed by atoms with E-state index in [-0.39, 0.29) is 22.4 Å². The van der Waals surface area contributed by atoms with Crippen LogP contribution in [0.2, 0.25) is 0 Å². The number of fused-ring (bicyclic) bond motifs is 1. The van der Waals surface area contributed by atoms with Gasteiger partial charge in [-0.15, -0.1) is 0 Å². The number of rotatable bonds is 6. The standard InChI is InChI=1S/C19H18N2O6S/c1-26-15-9-7-12(11-16(15)27-2)8-10-17-20-18-13(19(22)23)5-4-6-14(18)21(17)28(3,24)25/h4-11H,1-3H3,(H,22,23)/b10-8+. The van der Waals surface area contributed by atoms with Crippen LogP contribution >= 0.6 is 0 Å². The van der Waals surface area contributed by atoms with Gasteiger partial charge in [0.25, 0.3) is 0 Å². The minimum Gasteiger partial charge on any atom is -0.493 e. The van der Waals surface area contributed by atoms with Crippen molar-refractivity contribution in [1.82, 2.24) is 8.96 Å². The molecule has 1 heterocycles. The van der Waals surface area contributed by atoms with Crippen LogP contribution in [0.25, 0.3) is 23.2 Å². The fourth-order valence-corrected chi connectivity index (χ4v) is 3.80. The lowest BCUT2D eigenvalue weighted by Crippen LogP contribution is -2.11. The van der Waals surface area contributed by atoms with E-state index < -0.39 is 16.0 Å². The maximum atomic E-state index is 12.3. The molecule has 0 aliphatic rings. The highest BCUT2D eigenvalue weighted by Gasteiger charge is 2.20. The van der Waals surface area contributed by atoms with Crippen molar-refractivity contribution in [3.63, 3.8) is 0 Å². The van der Waals surface area contributed by atoms with Crippen LogP contribution in [0.15, 0.2) is 36.4 Å². The minimum absolute atomic E-state index is 0.0688. The van der Waals surface area contributed by atoms with Crippen LogP contribution < -0.4 is 9.47 Å². The van der Waals surface area contributed by atoms with Crippen molar-refractivity contribution in [1.29, 1.82) is 0 Å². The number of imidazole rings is 1. The number of ether oxygens (including phenoxy) is 2. The highest BCUT2D eigenvalue weighted by atomic mass is 32.2. The van der Waals surface area contributed by atoms with Gasteiger partial charge in [0, 0.05) is 0 Å². The van der Waals surface area contributed by atoms with Gasteiger partial charge in [-0.05, 0) is 35.9 Å². The molecule has 2 aromatic carbocycles. The number of benzene rings is 2. The Morgan fingerprint density at radius 1 is 1.11 bits per heavy atom. The minimum atomic E-state index is -3.72. The molecule has 0 aliphatic carbocycles. The van der Waals surface area contributed by atoms with E-state index >= 15 is 0 Å². The van der Waals surface area contributed by atoms with Gasteiger partial charge in [0.05, 0.1) is 31.6 Å². The van der Waals surface area contributed by atoms with E-state index in [4.69, 9.17) is 9.47 Å². The number of methoxy groups -OCH3 is 2. The lowest BCUT2D eigenvalue weighted by Gasteiger charge is -2.07. The number of carboxylic acids is 1. The van der Waals surface area contributed by atoms with E-state index in [0.717, 1.165) is 15.8 Å². The van der Waals surface area contributed by atoms with Gasteiger partial charge in [-0.2, -0.15) is 0 Å². The second kappa shape index (κ2) is 7.35. The van der Waals surface area contributed by atoms with Gasteiger partial charge in [0.2, 0.25) is 10.0 Å². The Bertz CT molecular complexity index is 1190. The third-order valence-corrected chi connectivity index (χ3v) is 5.11. The Kier molecular flexibility index (Phi) is 5.10. The first kappa shape index (κ1) is 19.4. The Balaban J connectivity index is 2.16. The van der Waals surface area contributed by atoms with Gasteiger partial charge in [-0.3, -0.25) is 0 Å². The lowest BCUT2D eigenvalue weighted by atomic mass is 10.2. The largest absolute Gasteiger partial charge is 0.493 e. The van der Waals surface area contributed by atoms with Crippen molar-refractivity contribution in [2.45, 2.75) is 0 Å². The Morgan fingerprint density at radius 3 is 2.43 bits per heavy atom. The van der Waals surface area contributed by atoms with Crippen LogP contribution in [0, 0.1) is 0 Å². The van der Waals surface area contributed by atoms with Crippen LogP contribution in [0.3, 0.4) is 0 Å². The molecule has 3 aromatic rings. The molecular weight excluding hydrogens is 384 g/mol. The van der Waals surface area contributed by atoms with Gasteiger partial charge < -0.3 is 14.6 Å². The lowest BCUT2D eigenvalue weighted by molar-refractivity contribution is 0.0699. The summed E-state index contributed by atoms with van der Waals surface area (Å²) in [5, 5.41) is 9.36. The fourth-order valence-electron chi connectivity index (χ4n) is 2.85. The molecule has 0 atom stereocenters. The zero-order valence-corrected chi connectivity index (χ0v) is 16.2. The molecular formula is C19H18N2O6S. The SMILES string of the molecule is COc1ccc(/C=C/c2nc3c(C(=O)O)cccc3n2S(C)(=O)=O)cc1OC. The van der Waals surface area contributed by atoms with Crippen LogP contribution in [0.5, 0.6) is 11.5 Å². The van der Waals surface area contributed by atoms with Crippen molar-refractivity contribution in [3.05, 3.63) is 53.3 Å². The molecule has 0 saturated heterocycles. The average molecular weight is 402 g/mol. The fraction of sp³-hybridized carbons (Fsp3) is 0.158. The highest BCUT2D eigenvalue weighted by molar-refractivity contribution is 7.89. The number of hydrogen-bond donors (Lipinski definition) is 1. The maximum Gasteiger partial charge on any atom is 0.337 e. The summed E-state index contributed by atoms with van der Waals surface area (Å²) >= 11 is 0. The second-order valence-corrected chi connectivity index (χ2v) is 7.75. The van der Waals surface area contributed by atoms with Crippen molar-refractivity contribution >= 4 is 39.2 Å². The van der Waals surface area contributed by atoms with Gasteiger partial charge >= 0.3 is 5.97 Å². The molecule has 28 heavy (non-hydrogen) atoms. The smallest absolute Gasteiger partial charge is 0.337 e. The topological polar surface area (TPSA) is 108 Å². The zero-order chi connectivity index (χ0) is 20.5. The summed E-state index contributed by atoms with van der Waals surface area (Å²) in [7, 11) is -0.676. The third-order valence-electron chi connectivity index (χ3n) is 4.06. The molecule has 9 heteroatoms. The summed E-state index contributed by atoms with van der Waals surface area (Å²) in [4.78, 5) is 15.7. The van der Waals surface area contributed by atoms with Crippen molar-refractivity contribution in [2.24, 2.45) is 0 Å². The molecule has 8 nitrogen and oxygen atoms in total. The van der Waals surface area contributed by atoms with Crippen molar-refractivity contribution < 1.29 is 27.8 Å². The van der Waals surface area contributed by atoms with Crippen LogP contribution in [0.4, 0.5) is 0 Å². The molecule has 3 rings (SSSR count). The number of para-hydroxylation sites is 1. The average Bonchev–Trinajstić information content (AvgIpc) is 3.04. The van der Waals surface area contributed by atoms with Crippen molar-refractivity contribution in [3.8, 4) is 11.5 Å². The second-order valence-electron chi connectivity index (χ2n) is 5.92. The summed E-state index contributed by atoms with van der Waals surface area (Å²) in [5.41, 5.74) is 0.964. The predicted molar refractivity (Wildman–Crippen MR) is 105 cm³/mol. The first-order valence-electron chi connectivity index (χ1n) is 8.11. The molecule has 0 unspecified atom stereocenters. The number of aromatic carboxylic acids is 1. The summed E-state index contributed by atoms with van der Waals surface area (Å²) in [5.74, 6) is 0.00344. The summed E-state index contributed by atoms with van der Waals surface area (Å²) in [6.45, 7) is 0. The zero-order valence-electron chi connectivity index (χ0n) is 15.4. The molecule has 146 valence electrons. The van der Waals surface area contributed by atoms with Gasteiger partial charge in [-0.1, -0.05) is 18.2 Å². The highest BCUT2D eigenvalue weighted by Crippen LogP contribution is 2.29. The first-order chi connectivity index (χ1) is 13.3. The maximum absolute atomic E-state index is 12.3. The monoisotopic (exact) mass is 402 g/mol.